The number of anilines is 1. The lowest BCUT2D eigenvalue weighted by atomic mass is 9.85. The molecule has 1 saturated carbocycles. The topological polar surface area (TPSA) is 82.8 Å². The molecule has 180 valence electrons. The minimum Gasteiger partial charge on any atom is -0.478 e. The summed E-state index contributed by atoms with van der Waals surface area (Å²) in [4.78, 5) is 27.4. The summed E-state index contributed by atoms with van der Waals surface area (Å²) in [5.41, 5.74) is 1.81. The Balaban J connectivity index is 1.40. The van der Waals surface area contributed by atoms with Gasteiger partial charge in [-0.2, -0.15) is 0 Å². The smallest absolute Gasteiger partial charge is 0.335 e. The predicted octanol–water partition coefficient (Wildman–Crippen LogP) is 6.54. The van der Waals surface area contributed by atoms with Crippen LogP contribution in [-0.4, -0.2) is 33.4 Å². The van der Waals surface area contributed by atoms with E-state index in [1.165, 1.54) is 18.2 Å². The first-order valence-electron chi connectivity index (χ1n) is 12.0. The van der Waals surface area contributed by atoms with Gasteiger partial charge in [0.1, 0.15) is 11.5 Å². The first-order chi connectivity index (χ1) is 17.0. The Hall–Kier alpha value is -3.45. The molecule has 3 aromatic rings. The summed E-state index contributed by atoms with van der Waals surface area (Å²) in [5.74, 6) is 0.743. The molecule has 2 N–H and O–H groups in total. The van der Waals surface area contributed by atoms with E-state index in [4.69, 9.17) is 9.52 Å². The van der Waals surface area contributed by atoms with E-state index in [-0.39, 0.29) is 23.0 Å². The number of nitrogens with one attached hydrogen (secondary N) is 1. The van der Waals surface area contributed by atoms with Gasteiger partial charge in [-0.25, -0.2) is 4.79 Å². The number of nitrogens with zero attached hydrogens (tertiary/aromatic N) is 1. The molecule has 1 saturated heterocycles. The molecular weight excluding hydrogens is 460 g/mol. The monoisotopic (exact) mass is 488 g/mol. The molecule has 5 rings (SSSR count). The largest absolute Gasteiger partial charge is 0.478 e. The maximum absolute atomic E-state index is 13.6. The molecule has 1 aromatic heterocycles. The Labute approximate surface area is 209 Å². The van der Waals surface area contributed by atoms with Gasteiger partial charge in [0.05, 0.1) is 10.5 Å². The van der Waals surface area contributed by atoms with Crippen molar-refractivity contribution in [2.75, 3.05) is 5.32 Å². The Bertz CT molecular complexity index is 1240. The van der Waals surface area contributed by atoms with Crippen LogP contribution in [0.1, 0.15) is 48.7 Å². The zero-order chi connectivity index (χ0) is 24.4. The number of thioether (sulfide) groups is 1. The Morgan fingerprint density at radius 2 is 1.80 bits per heavy atom. The van der Waals surface area contributed by atoms with Gasteiger partial charge in [0.2, 0.25) is 0 Å². The molecule has 35 heavy (non-hydrogen) atoms. The first-order valence-corrected chi connectivity index (χ1v) is 12.8. The summed E-state index contributed by atoms with van der Waals surface area (Å²) in [6.07, 6.45) is 6.33. The third kappa shape index (κ3) is 5.00. The second-order valence-electron chi connectivity index (χ2n) is 9.12. The van der Waals surface area contributed by atoms with Crippen molar-refractivity contribution in [3.8, 4) is 11.3 Å². The van der Waals surface area contributed by atoms with Gasteiger partial charge in [0.25, 0.3) is 5.91 Å². The van der Waals surface area contributed by atoms with Gasteiger partial charge in [-0.15, -0.1) is 0 Å². The molecule has 0 spiro atoms. The van der Waals surface area contributed by atoms with Crippen molar-refractivity contribution in [1.29, 1.82) is 0 Å². The van der Waals surface area contributed by atoms with Crippen LogP contribution in [0.25, 0.3) is 17.4 Å². The molecule has 2 fully saturated rings. The minimum atomic E-state index is -0.964. The van der Waals surface area contributed by atoms with Crippen LogP contribution >= 0.6 is 11.8 Å². The second kappa shape index (κ2) is 10.0. The fourth-order valence-electron chi connectivity index (χ4n) is 4.86. The van der Waals surface area contributed by atoms with Crippen LogP contribution in [0.2, 0.25) is 0 Å². The Morgan fingerprint density at radius 1 is 1.06 bits per heavy atom. The van der Waals surface area contributed by atoms with Crippen molar-refractivity contribution in [3.05, 3.63) is 83.0 Å². The van der Waals surface area contributed by atoms with Crippen LogP contribution in [0.5, 0.6) is 0 Å². The summed E-state index contributed by atoms with van der Waals surface area (Å²) in [7, 11) is 0. The normalized spacial score (nSPS) is 23.6. The second-order valence-corrected chi connectivity index (χ2v) is 10.2. The standard InChI is InChI=1S/C28H28N2O4S/c1-18-7-5-6-10-23(18)30-26(31)25(35-28(30)29-21-8-3-2-4-9-21)17-22-15-16-24(34-22)19-11-13-20(14-12-19)27(32)33/h2-4,8-9,11-18,23,28-29H,5-7,10H2,1H3,(H,32,33)/b25-17-/t18-,23+,28?/m0/s1. The fraction of sp³-hybridized carbons (Fsp3) is 0.286. The number of carboxylic acid groups (broad SMARTS) is 1. The van der Waals surface area contributed by atoms with Gasteiger partial charge in [0, 0.05) is 23.4 Å². The summed E-state index contributed by atoms with van der Waals surface area (Å²) in [6.45, 7) is 2.25. The number of carboxylic acids is 1. The van der Waals surface area contributed by atoms with Crippen molar-refractivity contribution < 1.29 is 19.1 Å². The lowest BCUT2D eigenvalue weighted by molar-refractivity contribution is -0.129. The Kier molecular flexibility index (Phi) is 6.68. The SMILES string of the molecule is C[C@H]1CCCC[C@H]1N1C(=O)/C(=C/c2ccc(-c3ccc(C(=O)O)cc3)o2)SC1Nc1ccccc1. The molecule has 2 aliphatic rings. The lowest BCUT2D eigenvalue weighted by Gasteiger charge is -2.39. The van der Waals surface area contributed by atoms with Crippen LogP contribution in [0.15, 0.2) is 76.1 Å². The molecule has 2 heterocycles. The number of rotatable bonds is 6. The van der Waals surface area contributed by atoms with Crippen molar-refractivity contribution in [2.24, 2.45) is 5.92 Å². The van der Waals surface area contributed by atoms with Crippen LogP contribution in [0.4, 0.5) is 5.69 Å². The van der Waals surface area contributed by atoms with Crippen molar-refractivity contribution in [2.45, 2.75) is 44.1 Å². The van der Waals surface area contributed by atoms with Gasteiger partial charge in [-0.05, 0) is 55.2 Å². The molecule has 7 heteroatoms. The number of carbonyl (C=O) groups is 2. The van der Waals surface area contributed by atoms with Crippen LogP contribution in [0.3, 0.4) is 0 Å². The third-order valence-electron chi connectivity index (χ3n) is 6.74. The third-order valence-corrected chi connectivity index (χ3v) is 7.86. The number of para-hydroxylation sites is 1. The molecule has 1 aliphatic heterocycles. The van der Waals surface area contributed by atoms with E-state index < -0.39 is 5.97 Å². The fourth-order valence-corrected chi connectivity index (χ4v) is 6.05. The summed E-state index contributed by atoms with van der Waals surface area (Å²) >= 11 is 1.52. The highest BCUT2D eigenvalue weighted by Gasteiger charge is 2.43. The lowest BCUT2D eigenvalue weighted by Crippen LogP contribution is -2.48. The van der Waals surface area contributed by atoms with Crippen LogP contribution < -0.4 is 5.32 Å². The zero-order valence-electron chi connectivity index (χ0n) is 19.5. The number of benzene rings is 2. The summed E-state index contributed by atoms with van der Waals surface area (Å²) in [6, 6.07) is 20.4. The van der Waals surface area contributed by atoms with E-state index in [9.17, 15) is 9.59 Å². The molecule has 1 aliphatic carbocycles. The molecule has 0 bridgehead atoms. The van der Waals surface area contributed by atoms with E-state index in [0.29, 0.717) is 22.3 Å². The van der Waals surface area contributed by atoms with Gasteiger partial charge < -0.3 is 19.7 Å². The molecule has 3 atom stereocenters. The minimum absolute atomic E-state index is 0.0333. The summed E-state index contributed by atoms with van der Waals surface area (Å²) in [5, 5.41) is 12.7. The first kappa shape index (κ1) is 23.3. The highest BCUT2D eigenvalue weighted by molar-refractivity contribution is 8.05. The molecule has 0 radical (unpaired) electrons. The number of furan rings is 1. The highest BCUT2D eigenvalue weighted by Crippen LogP contribution is 2.42. The maximum atomic E-state index is 13.6. The summed E-state index contributed by atoms with van der Waals surface area (Å²) < 4.78 is 6.01. The average Bonchev–Trinajstić information content (AvgIpc) is 3.45. The van der Waals surface area contributed by atoms with Crippen molar-refractivity contribution >= 4 is 35.4 Å². The number of aromatic carboxylic acids is 1. The molecule has 1 unspecified atom stereocenters. The zero-order valence-corrected chi connectivity index (χ0v) is 20.3. The molecule has 2 aromatic carbocycles. The molecule has 1 amide bonds. The van der Waals surface area contributed by atoms with Crippen molar-refractivity contribution in [1.82, 2.24) is 4.90 Å². The molecular formula is C28H28N2O4S. The number of hydrogen-bond acceptors (Lipinski definition) is 5. The van der Waals surface area contributed by atoms with Crippen LogP contribution in [0, 0.1) is 5.92 Å². The number of carbonyl (C=O) groups excluding carboxylic acids is 1. The predicted molar refractivity (Wildman–Crippen MR) is 139 cm³/mol. The Morgan fingerprint density at radius 3 is 2.51 bits per heavy atom. The number of amides is 1. The quantitative estimate of drug-likeness (QED) is 0.384. The van der Waals surface area contributed by atoms with Gasteiger partial charge in [-0.3, -0.25) is 4.79 Å². The van der Waals surface area contributed by atoms with Gasteiger partial charge >= 0.3 is 5.97 Å². The van der Waals surface area contributed by atoms with E-state index in [1.807, 2.05) is 53.4 Å². The number of hydrogen-bond donors (Lipinski definition) is 2. The maximum Gasteiger partial charge on any atom is 0.335 e. The van der Waals surface area contributed by atoms with Crippen molar-refractivity contribution in [3.63, 3.8) is 0 Å². The van der Waals surface area contributed by atoms with E-state index in [2.05, 4.69) is 12.2 Å². The van der Waals surface area contributed by atoms with Gasteiger partial charge in [-0.1, -0.05) is 61.9 Å². The van der Waals surface area contributed by atoms with Crippen LogP contribution in [-0.2, 0) is 4.79 Å². The van der Waals surface area contributed by atoms with E-state index in [1.54, 1.807) is 24.3 Å². The molecule has 6 nitrogen and oxygen atoms in total. The van der Waals surface area contributed by atoms with E-state index in [0.717, 1.165) is 30.5 Å². The van der Waals surface area contributed by atoms with E-state index >= 15 is 0 Å². The highest BCUT2D eigenvalue weighted by atomic mass is 32.2. The average molecular weight is 489 g/mol. The van der Waals surface area contributed by atoms with Gasteiger partial charge in [0.15, 0.2) is 5.50 Å².